The fourth-order valence-electron chi connectivity index (χ4n) is 1.97. The minimum absolute atomic E-state index is 0.415. The van der Waals surface area contributed by atoms with Crippen LogP contribution in [-0.4, -0.2) is 22.9 Å². The number of aryl methyl sites for hydroxylation is 1. The smallest absolute Gasteiger partial charge is 0.168 e. The van der Waals surface area contributed by atoms with Gasteiger partial charge in [0.25, 0.3) is 0 Å². The molecule has 4 heteroatoms. The number of hydrogen-bond acceptors (Lipinski definition) is 4. The lowest BCUT2D eigenvalue weighted by Crippen LogP contribution is -2.31. The second-order valence-corrected chi connectivity index (χ2v) is 4.01. The largest absolute Gasteiger partial charge is 0.367 e. The third-order valence-electron chi connectivity index (χ3n) is 2.97. The topological polar surface area (TPSA) is 52.1 Å². The summed E-state index contributed by atoms with van der Waals surface area (Å²) in [4.78, 5) is 19.5. The van der Waals surface area contributed by atoms with Gasteiger partial charge in [-0.25, -0.2) is 9.97 Å². The zero-order valence-electron chi connectivity index (χ0n) is 11.0. The van der Waals surface area contributed by atoms with E-state index in [1.165, 1.54) is 0 Å². The predicted octanol–water partition coefficient (Wildman–Crippen LogP) is 2.65. The highest BCUT2D eigenvalue weighted by Gasteiger charge is 2.32. The molecule has 1 aromatic heterocycles. The van der Waals surface area contributed by atoms with E-state index in [2.05, 4.69) is 9.97 Å². The van der Waals surface area contributed by atoms with E-state index < -0.39 is 5.60 Å². The average molecular weight is 236 g/mol. The lowest BCUT2D eigenvalue weighted by atomic mass is 9.95. The number of aromatic nitrogens is 2. The molecule has 1 heterocycles. The Bertz CT molecular complexity index is 387. The van der Waals surface area contributed by atoms with Crippen molar-refractivity contribution in [3.05, 3.63) is 23.3 Å². The minimum Gasteiger partial charge on any atom is -0.367 e. The first-order valence-corrected chi connectivity index (χ1v) is 6.07. The molecular weight excluding hydrogens is 216 g/mol. The van der Waals surface area contributed by atoms with Gasteiger partial charge in [0.2, 0.25) is 0 Å². The quantitative estimate of drug-likeness (QED) is 0.712. The minimum atomic E-state index is -0.474. The summed E-state index contributed by atoms with van der Waals surface area (Å²) in [6.45, 7) is 8.52. The van der Waals surface area contributed by atoms with Gasteiger partial charge in [0.05, 0.1) is 0 Å². The molecule has 0 amide bonds. The van der Waals surface area contributed by atoms with E-state index >= 15 is 0 Å². The molecule has 0 aliphatic carbocycles. The number of carbonyl (C=O) groups excluding carboxylic acids is 1. The normalized spacial score (nSPS) is 11.5. The Morgan fingerprint density at radius 3 is 2.41 bits per heavy atom. The highest BCUT2D eigenvalue weighted by atomic mass is 16.5. The molecular formula is C13H20N2O2. The van der Waals surface area contributed by atoms with Gasteiger partial charge in [-0.1, -0.05) is 13.8 Å². The van der Waals surface area contributed by atoms with Gasteiger partial charge in [0.1, 0.15) is 11.3 Å². The Kier molecular flexibility index (Phi) is 4.75. The van der Waals surface area contributed by atoms with Gasteiger partial charge in [0.15, 0.2) is 12.1 Å². The van der Waals surface area contributed by atoms with Gasteiger partial charge in [-0.3, -0.25) is 4.79 Å². The van der Waals surface area contributed by atoms with Crippen LogP contribution in [0.5, 0.6) is 0 Å². The van der Waals surface area contributed by atoms with E-state index in [4.69, 9.17) is 4.74 Å². The van der Waals surface area contributed by atoms with Gasteiger partial charge in [-0.05, 0) is 32.8 Å². The third kappa shape index (κ3) is 2.88. The number of rotatable bonds is 6. The number of hydrogen-bond donors (Lipinski definition) is 0. The molecule has 94 valence electrons. The molecule has 0 saturated carbocycles. The van der Waals surface area contributed by atoms with Crippen LogP contribution in [0.4, 0.5) is 0 Å². The molecule has 0 aliphatic heterocycles. The van der Waals surface area contributed by atoms with Crippen molar-refractivity contribution in [1.82, 2.24) is 9.97 Å². The summed E-state index contributed by atoms with van der Waals surface area (Å²) in [5, 5.41) is 0. The molecule has 0 N–H and O–H groups in total. The van der Waals surface area contributed by atoms with Gasteiger partial charge < -0.3 is 4.74 Å². The zero-order valence-corrected chi connectivity index (χ0v) is 11.0. The summed E-state index contributed by atoms with van der Waals surface area (Å²) in [5.74, 6) is 0.617. The van der Waals surface area contributed by atoms with Crippen molar-refractivity contribution < 1.29 is 9.53 Å². The standard InChI is InChI=1S/C13H20N2O2/c1-5-13(6-2,17-7-3)12-14-10(4)8-11(9-16)15-12/h8-9H,5-7H2,1-4H3. The van der Waals surface area contributed by atoms with Crippen molar-refractivity contribution in [3.63, 3.8) is 0 Å². The lowest BCUT2D eigenvalue weighted by molar-refractivity contribution is -0.0573. The van der Waals surface area contributed by atoms with Crippen molar-refractivity contribution in [1.29, 1.82) is 0 Å². The molecule has 0 spiro atoms. The molecule has 1 rings (SSSR count). The van der Waals surface area contributed by atoms with Crippen LogP contribution in [0.1, 0.15) is 55.6 Å². The van der Waals surface area contributed by atoms with Crippen molar-refractivity contribution in [2.45, 2.75) is 46.1 Å². The average Bonchev–Trinajstić information content (AvgIpc) is 2.35. The van der Waals surface area contributed by atoms with E-state index in [9.17, 15) is 4.79 Å². The van der Waals surface area contributed by atoms with Crippen LogP contribution in [-0.2, 0) is 10.3 Å². The maximum absolute atomic E-state index is 10.8. The molecule has 0 unspecified atom stereocenters. The van der Waals surface area contributed by atoms with Crippen molar-refractivity contribution in [2.75, 3.05) is 6.61 Å². The van der Waals surface area contributed by atoms with Gasteiger partial charge in [0, 0.05) is 12.3 Å². The predicted molar refractivity (Wildman–Crippen MR) is 66.0 cm³/mol. The maximum atomic E-state index is 10.8. The van der Waals surface area contributed by atoms with E-state index in [1.807, 2.05) is 27.7 Å². The van der Waals surface area contributed by atoms with Crippen LogP contribution in [0.3, 0.4) is 0 Å². The molecule has 0 saturated heterocycles. The second kappa shape index (κ2) is 5.87. The first-order valence-electron chi connectivity index (χ1n) is 6.07. The third-order valence-corrected chi connectivity index (χ3v) is 2.97. The molecule has 1 aromatic rings. The molecule has 0 bridgehead atoms. The monoisotopic (exact) mass is 236 g/mol. The summed E-state index contributed by atoms with van der Waals surface area (Å²) in [6, 6.07) is 1.68. The van der Waals surface area contributed by atoms with E-state index in [-0.39, 0.29) is 0 Å². The van der Waals surface area contributed by atoms with Crippen LogP contribution in [0.15, 0.2) is 6.07 Å². The summed E-state index contributed by atoms with van der Waals surface area (Å²) < 4.78 is 5.83. The van der Waals surface area contributed by atoms with E-state index in [1.54, 1.807) is 6.07 Å². The Balaban J connectivity index is 3.26. The summed E-state index contributed by atoms with van der Waals surface area (Å²) >= 11 is 0. The SMILES string of the molecule is CCOC(CC)(CC)c1nc(C)cc(C=O)n1. The van der Waals surface area contributed by atoms with Gasteiger partial charge >= 0.3 is 0 Å². The van der Waals surface area contributed by atoms with Crippen LogP contribution >= 0.6 is 0 Å². The van der Waals surface area contributed by atoms with E-state index in [0.29, 0.717) is 18.1 Å². The number of carbonyl (C=O) groups is 1. The van der Waals surface area contributed by atoms with Crippen LogP contribution < -0.4 is 0 Å². The van der Waals surface area contributed by atoms with Crippen molar-refractivity contribution in [2.24, 2.45) is 0 Å². The zero-order chi connectivity index (χ0) is 12.9. The summed E-state index contributed by atoms with van der Waals surface area (Å²) in [5.41, 5.74) is 0.736. The first kappa shape index (κ1) is 13.8. The Morgan fingerprint density at radius 2 is 1.94 bits per heavy atom. The summed E-state index contributed by atoms with van der Waals surface area (Å²) in [7, 11) is 0. The van der Waals surface area contributed by atoms with Crippen molar-refractivity contribution >= 4 is 6.29 Å². The summed E-state index contributed by atoms with van der Waals surface area (Å²) in [6.07, 6.45) is 2.33. The Morgan fingerprint density at radius 1 is 1.29 bits per heavy atom. The molecule has 0 aliphatic rings. The molecule has 0 fully saturated rings. The van der Waals surface area contributed by atoms with Crippen LogP contribution in [0.2, 0.25) is 0 Å². The lowest BCUT2D eigenvalue weighted by Gasteiger charge is -2.30. The fourth-order valence-corrected chi connectivity index (χ4v) is 1.97. The molecule has 4 nitrogen and oxygen atoms in total. The number of ether oxygens (including phenoxy) is 1. The first-order chi connectivity index (χ1) is 8.11. The van der Waals surface area contributed by atoms with Gasteiger partial charge in [-0.2, -0.15) is 0 Å². The number of nitrogens with zero attached hydrogens (tertiary/aromatic N) is 2. The molecule has 0 radical (unpaired) electrons. The van der Waals surface area contributed by atoms with Crippen LogP contribution in [0.25, 0.3) is 0 Å². The second-order valence-electron chi connectivity index (χ2n) is 4.01. The molecule has 0 atom stereocenters. The Hall–Kier alpha value is -1.29. The molecule has 17 heavy (non-hydrogen) atoms. The number of aldehydes is 1. The van der Waals surface area contributed by atoms with E-state index in [0.717, 1.165) is 24.8 Å². The maximum Gasteiger partial charge on any atom is 0.168 e. The fraction of sp³-hybridized carbons (Fsp3) is 0.615. The molecule has 0 aromatic carbocycles. The van der Waals surface area contributed by atoms with Gasteiger partial charge in [-0.15, -0.1) is 0 Å². The van der Waals surface area contributed by atoms with Crippen molar-refractivity contribution in [3.8, 4) is 0 Å². The highest BCUT2D eigenvalue weighted by Crippen LogP contribution is 2.30. The highest BCUT2D eigenvalue weighted by molar-refractivity contribution is 5.71. The Labute approximate surface area is 102 Å². The van der Waals surface area contributed by atoms with Crippen LogP contribution in [0, 0.1) is 6.92 Å².